The monoisotopic (exact) mass is 465 g/mol. The van der Waals surface area contributed by atoms with Crippen LogP contribution in [0.25, 0.3) is 11.1 Å². The molecule has 3 heterocycles. The van der Waals surface area contributed by atoms with Gasteiger partial charge in [0.1, 0.15) is 22.7 Å². The maximum absolute atomic E-state index is 14.0. The quantitative estimate of drug-likeness (QED) is 0.561. The fourth-order valence-corrected chi connectivity index (χ4v) is 5.33. The molecular formula is C26H31N3O5. The van der Waals surface area contributed by atoms with Crippen LogP contribution in [0.1, 0.15) is 55.9 Å². The van der Waals surface area contributed by atoms with E-state index in [2.05, 4.69) is 5.32 Å². The fourth-order valence-electron chi connectivity index (χ4n) is 5.33. The highest BCUT2D eigenvalue weighted by molar-refractivity contribution is 6.14. The zero-order valence-corrected chi connectivity index (χ0v) is 19.9. The van der Waals surface area contributed by atoms with Crippen molar-refractivity contribution in [1.82, 2.24) is 9.88 Å². The van der Waals surface area contributed by atoms with Crippen molar-refractivity contribution in [3.8, 4) is 11.5 Å². The molecule has 1 aliphatic heterocycles. The molecule has 34 heavy (non-hydrogen) atoms. The van der Waals surface area contributed by atoms with E-state index in [9.17, 15) is 9.59 Å². The first kappa shape index (κ1) is 22.4. The molecule has 1 N–H and O–H groups in total. The number of nitrogens with one attached hydrogen (secondary N) is 1. The molecule has 2 aliphatic rings. The molecule has 1 atom stereocenters. The van der Waals surface area contributed by atoms with Gasteiger partial charge in [0.15, 0.2) is 5.58 Å². The molecule has 2 amide bonds. The van der Waals surface area contributed by atoms with Crippen LogP contribution in [-0.2, 0) is 11.3 Å². The van der Waals surface area contributed by atoms with Gasteiger partial charge in [-0.1, -0.05) is 25.7 Å². The van der Waals surface area contributed by atoms with Crippen LogP contribution in [0.2, 0.25) is 0 Å². The van der Waals surface area contributed by atoms with Gasteiger partial charge in [-0.2, -0.15) is 0 Å². The highest BCUT2D eigenvalue weighted by atomic mass is 16.5. The molecule has 0 bridgehead atoms. The average molecular weight is 466 g/mol. The first-order valence-corrected chi connectivity index (χ1v) is 11.9. The van der Waals surface area contributed by atoms with Gasteiger partial charge >= 0.3 is 0 Å². The first-order chi connectivity index (χ1) is 16.5. The van der Waals surface area contributed by atoms with Crippen LogP contribution < -0.4 is 19.7 Å². The van der Waals surface area contributed by atoms with Crippen LogP contribution in [0.4, 0.5) is 5.69 Å². The number of carbonyl (C=O) groups is 2. The van der Waals surface area contributed by atoms with Gasteiger partial charge in [0.25, 0.3) is 5.91 Å². The van der Waals surface area contributed by atoms with Crippen molar-refractivity contribution in [2.75, 3.05) is 19.1 Å². The molecule has 0 radical (unpaired) electrons. The summed E-state index contributed by atoms with van der Waals surface area (Å²) in [4.78, 5) is 29.5. The van der Waals surface area contributed by atoms with Crippen LogP contribution >= 0.6 is 0 Å². The minimum absolute atomic E-state index is 0.107. The lowest BCUT2D eigenvalue weighted by molar-refractivity contribution is -0.127. The van der Waals surface area contributed by atoms with Gasteiger partial charge in [0, 0.05) is 24.2 Å². The largest absolute Gasteiger partial charge is 0.497 e. The summed E-state index contributed by atoms with van der Waals surface area (Å²) in [5.74, 6) is 0.604. The smallest absolute Gasteiger partial charge is 0.276 e. The number of furan rings is 1. The summed E-state index contributed by atoms with van der Waals surface area (Å²) in [5.41, 5.74) is 1.19. The molecule has 3 aromatic rings. The Balaban J connectivity index is 1.62. The number of ether oxygens (including phenoxy) is 2. The number of benzene rings is 1. The maximum atomic E-state index is 14.0. The molecule has 1 saturated carbocycles. The highest BCUT2D eigenvalue weighted by Gasteiger charge is 2.50. The number of rotatable bonds is 5. The number of amides is 2. The third-order valence-electron chi connectivity index (χ3n) is 7.21. The molecular weight excluding hydrogens is 434 g/mol. The van der Waals surface area contributed by atoms with Crippen molar-refractivity contribution >= 4 is 28.6 Å². The molecule has 0 unspecified atom stereocenters. The molecule has 5 rings (SSSR count). The average Bonchev–Trinajstić information content (AvgIpc) is 3.33. The van der Waals surface area contributed by atoms with Crippen molar-refractivity contribution in [3.05, 3.63) is 42.3 Å². The summed E-state index contributed by atoms with van der Waals surface area (Å²) in [6.45, 7) is 2.11. The summed E-state index contributed by atoms with van der Waals surface area (Å²) in [6, 6.07) is 8.95. The van der Waals surface area contributed by atoms with Crippen LogP contribution in [-0.4, -0.2) is 42.2 Å². The van der Waals surface area contributed by atoms with Crippen LogP contribution in [0.15, 0.2) is 41.0 Å². The number of hydrogen-bond acceptors (Lipinski definition) is 5. The Morgan fingerprint density at radius 1 is 1.09 bits per heavy atom. The predicted molar refractivity (Wildman–Crippen MR) is 129 cm³/mol. The number of nitrogens with zero attached hydrogens (tertiary/aromatic N) is 2. The Kier molecular flexibility index (Phi) is 5.75. The van der Waals surface area contributed by atoms with E-state index < -0.39 is 5.54 Å². The molecule has 2 aromatic heterocycles. The van der Waals surface area contributed by atoms with Crippen molar-refractivity contribution in [2.45, 2.75) is 63.6 Å². The molecule has 0 saturated heterocycles. The highest BCUT2D eigenvalue weighted by Crippen LogP contribution is 2.41. The van der Waals surface area contributed by atoms with E-state index in [1.54, 1.807) is 49.6 Å². The summed E-state index contributed by atoms with van der Waals surface area (Å²) >= 11 is 0. The van der Waals surface area contributed by atoms with Crippen LogP contribution in [0, 0.1) is 0 Å². The van der Waals surface area contributed by atoms with Crippen molar-refractivity contribution in [3.63, 3.8) is 0 Å². The Morgan fingerprint density at radius 2 is 1.85 bits per heavy atom. The second-order valence-corrected chi connectivity index (χ2v) is 9.40. The van der Waals surface area contributed by atoms with Gasteiger partial charge < -0.3 is 23.8 Å². The second-order valence-electron chi connectivity index (χ2n) is 9.40. The van der Waals surface area contributed by atoms with E-state index >= 15 is 0 Å². The maximum Gasteiger partial charge on any atom is 0.276 e. The zero-order valence-electron chi connectivity index (χ0n) is 19.9. The van der Waals surface area contributed by atoms with Gasteiger partial charge in [-0.05, 0) is 31.9 Å². The Hall–Kier alpha value is -3.42. The SMILES string of the molecule is COc1ccc(OC)c(N2C(=O)c3cc4occc4n3C[C@]2(C)C(=O)NC2CCCCCC2)c1. The van der Waals surface area contributed by atoms with E-state index in [4.69, 9.17) is 13.9 Å². The second kappa shape index (κ2) is 8.74. The van der Waals surface area contributed by atoms with Crippen molar-refractivity contribution < 1.29 is 23.5 Å². The van der Waals surface area contributed by atoms with Crippen molar-refractivity contribution in [1.29, 1.82) is 0 Å². The van der Waals surface area contributed by atoms with Crippen LogP contribution in [0.5, 0.6) is 11.5 Å². The van der Waals surface area contributed by atoms with E-state index in [1.807, 2.05) is 17.6 Å². The lowest BCUT2D eigenvalue weighted by Gasteiger charge is -2.44. The summed E-state index contributed by atoms with van der Waals surface area (Å²) in [7, 11) is 3.12. The molecule has 0 spiro atoms. The summed E-state index contributed by atoms with van der Waals surface area (Å²) < 4.78 is 18.5. The normalized spacial score (nSPS) is 21.3. The lowest BCUT2D eigenvalue weighted by Crippen LogP contribution is -2.65. The van der Waals surface area contributed by atoms with Gasteiger partial charge in [0.05, 0.1) is 38.2 Å². The Morgan fingerprint density at radius 3 is 2.56 bits per heavy atom. The van der Waals surface area contributed by atoms with Gasteiger partial charge in [-0.15, -0.1) is 0 Å². The van der Waals surface area contributed by atoms with Gasteiger partial charge in [-0.3, -0.25) is 14.5 Å². The predicted octanol–water partition coefficient (Wildman–Crippen LogP) is 4.51. The molecule has 180 valence electrons. The van der Waals surface area contributed by atoms with Gasteiger partial charge in [0.2, 0.25) is 5.91 Å². The lowest BCUT2D eigenvalue weighted by atomic mass is 9.92. The number of anilines is 1. The Bertz CT molecular complexity index is 1220. The standard InChI is InChI=1S/C26H31N3O5/c1-26(25(31)27-17-8-6-4-5-7-9-17)16-28-19-12-13-34-23(19)15-21(28)24(30)29(26)20-14-18(32-2)10-11-22(20)33-3/h10-15,17H,4-9,16H2,1-3H3,(H,27,31)/t26-/m1/s1. The molecule has 8 nitrogen and oxygen atoms in total. The molecule has 1 aromatic carbocycles. The van der Waals surface area contributed by atoms with E-state index in [-0.39, 0.29) is 24.4 Å². The summed E-state index contributed by atoms with van der Waals surface area (Å²) in [5, 5.41) is 3.28. The van der Waals surface area contributed by atoms with Crippen molar-refractivity contribution in [2.24, 2.45) is 0 Å². The topological polar surface area (TPSA) is 85.9 Å². The summed E-state index contributed by atoms with van der Waals surface area (Å²) in [6.07, 6.45) is 8.11. The Labute approximate surface area is 198 Å². The third kappa shape index (κ3) is 3.61. The van der Waals surface area contributed by atoms with E-state index in [0.717, 1.165) is 31.2 Å². The minimum Gasteiger partial charge on any atom is -0.497 e. The molecule has 8 heteroatoms. The third-order valence-corrected chi connectivity index (χ3v) is 7.21. The number of methoxy groups -OCH3 is 2. The zero-order chi connectivity index (χ0) is 23.9. The number of fused-ring (bicyclic) bond motifs is 3. The van der Waals surface area contributed by atoms with E-state index in [1.165, 1.54) is 12.8 Å². The number of hydrogen-bond donors (Lipinski definition) is 1. The first-order valence-electron chi connectivity index (χ1n) is 11.9. The number of carbonyl (C=O) groups excluding carboxylic acids is 2. The minimum atomic E-state index is -1.20. The van der Waals surface area contributed by atoms with Gasteiger partial charge in [-0.25, -0.2) is 0 Å². The van der Waals surface area contributed by atoms with E-state index in [0.29, 0.717) is 28.5 Å². The molecule has 1 aliphatic carbocycles. The number of aromatic nitrogens is 1. The fraction of sp³-hybridized carbons (Fsp3) is 0.462. The molecule has 1 fully saturated rings. The van der Waals surface area contributed by atoms with Crippen LogP contribution in [0.3, 0.4) is 0 Å².